The maximum absolute atomic E-state index is 11.6. The summed E-state index contributed by atoms with van der Waals surface area (Å²) >= 11 is 0. The number of diazo groups is 1. The van der Waals surface area contributed by atoms with Crippen LogP contribution in [-0.4, -0.2) is 5.78 Å². The van der Waals surface area contributed by atoms with Gasteiger partial charge in [0.1, 0.15) is 5.56 Å². The molecule has 0 N–H and O–H groups in total. The Bertz CT molecular complexity index is 371. The van der Waals surface area contributed by atoms with Crippen molar-refractivity contribution < 1.29 is 17.2 Å². The SMILES string of the molecule is CCCCC(=O)c1ccccc1[N+]#N.[Cl-]. The van der Waals surface area contributed by atoms with Gasteiger partial charge in [0.05, 0.1) is 0 Å². The molecule has 0 radical (unpaired) electrons. The van der Waals surface area contributed by atoms with E-state index in [-0.39, 0.29) is 18.2 Å². The molecule has 0 saturated carbocycles. The predicted molar refractivity (Wildman–Crippen MR) is 55.0 cm³/mol. The van der Waals surface area contributed by atoms with Gasteiger partial charge in [0.2, 0.25) is 5.39 Å². The van der Waals surface area contributed by atoms with Gasteiger partial charge in [-0.15, -0.1) is 0 Å². The fraction of sp³-hybridized carbons (Fsp3) is 0.364. The third-order valence-corrected chi connectivity index (χ3v) is 2.07. The summed E-state index contributed by atoms with van der Waals surface area (Å²) in [6.07, 6.45) is 2.38. The third kappa shape index (κ3) is 3.69. The Hall–Kier alpha value is -1.40. The van der Waals surface area contributed by atoms with Crippen LogP contribution in [0.4, 0.5) is 5.69 Å². The second kappa shape index (κ2) is 6.97. The Labute approximate surface area is 95.5 Å². The second-order valence-electron chi connectivity index (χ2n) is 3.14. The van der Waals surface area contributed by atoms with Crippen LogP contribution in [0, 0.1) is 5.39 Å². The number of ketones is 1. The summed E-state index contributed by atoms with van der Waals surface area (Å²) < 4.78 is 0. The molecule has 0 atom stereocenters. The molecule has 80 valence electrons. The molecule has 1 rings (SSSR count). The highest BCUT2D eigenvalue weighted by molar-refractivity contribution is 6.01. The number of rotatable bonds is 4. The Balaban J connectivity index is 0.00000196. The van der Waals surface area contributed by atoms with Crippen LogP contribution in [0.5, 0.6) is 0 Å². The molecule has 0 spiro atoms. The van der Waals surface area contributed by atoms with E-state index in [0.29, 0.717) is 17.7 Å². The van der Waals surface area contributed by atoms with E-state index in [4.69, 9.17) is 5.39 Å². The van der Waals surface area contributed by atoms with E-state index in [1.54, 1.807) is 24.3 Å². The third-order valence-electron chi connectivity index (χ3n) is 2.07. The fourth-order valence-corrected chi connectivity index (χ4v) is 1.27. The summed E-state index contributed by atoms with van der Waals surface area (Å²) in [5.74, 6) is 0.0419. The minimum absolute atomic E-state index is 0. The van der Waals surface area contributed by atoms with Crippen LogP contribution in [0.1, 0.15) is 36.5 Å². The van der Waals surface area contributed by atoms with E-state index in [0.717, 1.165) is 12.8 Å². The van der Waals surface area contributed by atoms with E-state index in [1.807, 2.05) is 6.92 Å². The van der Waals surface area contributed by atoms with Crippen molar-refractivity contribution >= 4 is 11.5 Å². The zero-order valence-electron chi connectivity index (χ0n) is 8.61. The van der Waals surface area contributed by atoms with Crippen LogP contribution < -0.4 is 12.4 Å². The first kappa shape index (κ1) is 13.6. The van der Waals surface area contributed by atoms with Crippen LogP contribution in [-0.2, 0) is 0 Å². The average Bonchev–Trinajstić information content (AvgIpc) is 2.25. The predicted octanol–water partition coefficient (Wildman–Crippen LogP) is 0.548. The highest BCUT2D eigenvalue weighted by atomic mass is 35.5. The Morgan fingerprint density at radius 1 is 1.40 bits per heavy atom. The second-order valence-corrected chi connectivity index (χ2v) is 3.14. The highest BCUT2D eigenvalue weighted by Crippen LogP contribution is 2.20. The molecule has 0 fully saturated rings. The summed E-state index contributed by atoms with van der Waals surface area (Å²) in [6, 6.07) is 6.83. The maximum atomic E-state index is 11.6. The topological polar surface area (TPSA) is 45.2 Å². The van der Waals surface area contributed by atoms with E-state index in [1.165, 1.54) is 0 Å². The number of unbranched alkanes of at least 4 members (excludes halogenated alkanes) is 1. The molecule has 4 heteroatoms. The van der Waals surface area contributed by atoms with Crippen molar-refractivity contribution in [3.05, 3.63) is 34.8 Å². The number of carbonyl (C=O) groups excluding carboxylic acids is 1. The smallest absolute Gasteiger partial charge is 0.395 e. The van der Waals surface area contributed by atoms with Crippen molar-refractivity contribution in [3.8, 4) is 0 Å². The lowest BCUT2D eigenvalue weighted by atomic mass is 10.0. The van der Waals surface area contributed by atoms with E-state index in [2.05, 4.69) is 4.98 Å². The van der Waals surface area contributed by atoms with Gasteiger partial charge in [-0.3, -0.25) is 4.79 Å². The normalized spacial score (nSPS) is 8.80. The summed E-state index contributed by atoms with van der Waals surface area (Å²) in [6.45, 7) is 2.04. The molecule has 0 aliphatic rings. The number of Topliss-reactive ketones (excluding diaryl/α,β-unsaturated/α-hetero) is 1. The molecule has 0 saturated heterocycles. The molecule has 0 bridgehead atoms. The average molecular weight is 225 g/mol. The number of benzene rings is 1. The quantitative estimate of drug-likeness (QED) is 0.554. The van der Waals surface area contributed by atoms with Gasteiger partial charge in [-0.1, -0.05) is 25.5 Å². The van der Waals surface area contributed by atoms with Crippen molar-refractivity contribution in [2.24, 2.45) is 0 Å². The minimum atomic E-state index is 0. The summed E-state index contributed by atoms with van der Waals surface area (Å²) in [4.78, 5) is 14.7. The van der Waals surface area contributed by atoms with Gasteiger partial charge in [-0.05, 0) is 12.5 Å². The van der Waals surface area contributed by atoms with Gasteiger partial charge in [0.15, 0.2) is 10.8 Å². The highest BCUT2D eigenvalue weighted by Gasteiger charge is 2.18. The van der Waals surface area contributed by atoms with Crippen LogP contribution in [0.2, 0.25) is 0 Å². The molecule has 0 aromatic heterocycles. The molecule has 0 heterocycles. The monoisotopic (exact) mass is 224 g/mol. The minimum Gasteiger partial charge on any atom is -1.00 e. The fourth-order valence-electron chi connectivity index (χ4n) is 1.27. The molecule has 0 aliphatic carbocycles. The number of halogens is 1. The largest absolute Gasteiger partial charge is 1.00 e. The molecule has 3 nitrogen and oxygen atoms in total. The molecule has 0 aliphatic heterocycles. The molecule has 1 aromatic carbocycles. The summed E-state index contributed by atoms with van der Waals surface area (Å²) in [5.41, 5.74) is 0.858. The molecular formula is C11H13ClN2O. The van der Waals surface area contributed by atoms with Gasteiger partial charge >= 0.3 is 5.69 Å². The van der Waals surface area contributed by atoms with Gasteiger partial charge in [-0.25, -0.2) is 0 Å². The Morgan fingerprint density at radius 3 is 2.67 bits per heavy atom. The number of carbonyl (C=O) groups is 1. The van der Waals surface area contributed by atoms with Crippen molar-refractivity contribution in [1.82, 2.24) is 0 Å². The zero-order valence-corrected chi connectivity index (χ0v) is 9.37. The summed E-state index contributed by atoms with van der Waals surface area (Å²) in [5, 5.41) is 8.67. The molecule has 0 unspecified atom stereocenters. The lowest BCUT2D eigenvalue weighted by Crippen LogP contribution is -3.00. The first-order valence-corrected chi connectivity index (χ1v) is 4.77. The van der Waals surface area contributed by atoms with Gasteiger partial charge < -0.3 is 12.4 Å². The standard InChI is InChI=1S/C11H13N2O.ClH/c1-2-3-8-11(14)9-6-4-5-7-10(9)13-12;/h4-7H,2-3,8H2,1H3;1H/q+1;/p-1. The van der Waals surface area contributed by atoms with Crippen molar-refractivity contribution in [2.75, 3.05) is 0 Å². The zero-order chi connectivity index (χ0) is 10.4. The molecule has 15 heavy (non-hydrogen) atoms. The van der Waals surface area contributed by atoms with Crippen LogP contribution in [0.3, 0.4) is 0 Å². The lowest BCUT2D eigenvalue weighted by Gasteiger charge is -1.95. The maximum Gasteiger partial charge on any atom is 0.395 e. The van der Waals surface area contributed by atoms with E-state index < -0.39 is 0 Å². The van der Waals surface area contributed by atoms with E-state index >= 15 is 0 Å². The van der Waals surface area contributed by atoms with Gasteiger partial charge in [0, 0.05) is 12.5 Å². The number of hydrogen-bond acceptors (Lipinski definition) is 2. The van der Waals surface area contributed by atoms with Gasteiger partial charge in [-0.2, -0.15) is 0 Å². The first-order chi connectivity index (χ1) is 6.79. The molecular weight excluding hydrogens is 212 g/mol. The van der Waals surface area contributed by atoms with Crippen molar-refractivity contribution in [1.29, 1.82) is 5.39 Å². The van der Waals surface area contributed by atoms with Crippen molar-refractivity contribution in [2.45, 2.75) is 26.2 Å². The molecule has 1 aromatic rings. The molecule has 0 amide bonds. The number of hydrogen-bond donors (Lipinski definition) is 0. The number of nitrogens with zero attached hydrogens (tertiary/aromatic N) is 2. The van der Waals surface area contributed by atoms with Crippen LogP contribution >= 0.6 is 0 Å². The first-order valence-electron chi connectivity index (χ1n) is 4.77. The van der Waals surface area contributed by atoms with Crippen LogP contribution in [0.25, 0.3) is 4.98 Å². The Kier molecular flexibility index (Phi) is 6.32. The Morgan fingerprint density at radius 2 is 2.07 bits per heavy atom. The lowest BCUT2D eigenvalue weighted by molar-refractivity contribution is -0.0000112. The van der Waals surface area contributed by atoms with Crippen LogP contribution in [0.15, 0.2) is 24.3 Å². The summed E-state index contributed by atoms with van der Waals surface area (Å²) in [7, 11) is 0. The van der Waals surface area contributed by atoms with Crippen molar-refractivity contribution in [3.63, 3.8) is 0 Å². The van der Waals surface area contributed by atoms with Gasteiger partial charge in [0.25, 0.3) is 0 Å². The van der Waals surface area contributed by atoms with E-state index in [9.17, 15) is 4.79 Å².